The van der Waals surface area contributed by atoms with Gasteiger partial charge < -0.3 is 11.5 Å². The van der Waals surface area contributed by atoms with E-state index in [2.05, 4.69) is 15.9 Å². The van der Waals surface area contributed by atoms with Gasteiger partial charge in [0, 0.05) is 4.47 Å². The van der Waals surface area contributed by atoms with Gasteiger partial charge in [-0.2, -0.15) is 0 Å². The fraction of sp³-hybridized carbons (Fsp3) is 0. The standard InChI is InChI=1S/C12H9BrN2O2/c13-8-5-6-3-1-2-4-7(6)9(11(14)16)10(8)12(15)17/h1-5H,(H2,14,16)(H2,15,17). The maximum absolute atomic E-state index is 11.5. The fourth-order valence-corrected chi connectivity index (χ4v) is 2.45. The molecule has 4 nitrogen and oxygen atoms in total. The first-order valence-corrected chi connectivity index (χ1v) is 5.62. The van der Waals surface area contributed by atoms with E-state index < -0.39 is 11.8 Å². The summed E-state index contributed by atoms with van der Waals surface area (Å²) in [6, 6.07) is 8.91. The topological polar surface area (TPSA) is 86.2 Å². The van der Waals surface area contributed by atoms with Crippen molar-refractivity contribution in [3.05, 3.63) is 45.9 Å². The lowest BCUT2D eigenvalue weighted by molar-refractivity contribution is 0.0968. The zero-order chi connectivity index (χ0) is 12.6. The molecule has 0 aromatic heterocycles. The van der Waals surface area contributed by atoms with Crippen LogP contribution in [0.5, 0.6) is 0 Å². The normalized spacial score (nSPS) is 10.4. The molecule has 0 aliphatic heterocycles. The highest BCUT2D eigenvalue weighted by Crippen LogP contribution is 2.29. The van der Waals surface area contributed by atoms with Crippen molar-refractivity contribution < 1.29 is 9.59 Å². The van der Waals surface area contributed by atoms with Crippen LogP contribution in [0.2, 0.25) is 0 Å². The number of halogens is 1. The van der Waals surface area contributed by atoms with Gasteiger partial charge in [0.2, 0.25) is 5.91 Å². The molecule has 5 heteroatoms. The predicted octanol–water partition coefficient (Wildman–Crippen LogP) is 1.80. The minimum atomic E-state index is -0.684. The van der Waals surface area contributed by atoms with E-state index in [-0.39, 0.29) is 11.1 Å². The summed E-state index contributed by atoms with van der Waals surface area (Å²) in [5.74, 6) is -1.35. The van der Waals surface area contributed by atoms with Crippen LogP contribution in [0.15, 0.2) is 34.8 Å². The molecule has 4 N–H and O–H groups in total. The summed E-state index contributed by atoms with van der Waals surface area (Å²) in [6.07, 6.45) is 0. The van der Waals surface area contributed by atoms with Crippen molar-refractivity contribution in [2.45, 2.75) is 0 Å². The molecule has 0 atom stereocenters. The average Bonchev–Trinajstić information content (AvgIpc) is 2.26. The number of carbonyl (C=O) groups excluding carboxylic acids is 2. The summed E-state index contributed by atoms with van der Waals surface area (Å²) < 4.78 is 0.470. The molecule has 2 rings (SSSR count). The number of carbonyl (C=O) groups is 2. The molecule has 2 aromatic rings. The van der Waals surface area contributed by atoms with Crippen LogP contribution in [0.4, 0.5) is 0 Å². The van der Waals surface area contributed by atoms with Crippen molar-refractivity contribution >= 4 is 38.5 Å². The Bertz CT molecular complexity index is 638. The Morgan fingerprint density at radius 1 is 1.00 bits per heavy atom. The van der Waals surface area contributed by atoms with Crippen molar-refractivity contribution in [3.63, 3.8) is 0 Å². The summed E-state index contributed by atoms with van der Waals surface area (Å²) in [4.78, 5) is 22.9. The summed E-state index contributed by atoms with van der Waals surface area (Å²) in [5, 5.41) is 1.44. The molecule has 86 valence electrons. The van der Waals surface area contributed by atoms with Crippen LogP contribution >= 0.6 is 15.9 Å². The van der Waals surface area contributed by atoms with Gasteiger partial charge in [0.05, 0.1) is 11.1 Å². The van der Waals surface area contributed by atoms with E-state index in [4.69, 9.17) is 11.5 Å². The maximum atomic E-state index is 11.5. The summed E-state index contributed by atoms with van der Waals surface area (Å²) in [5.41, 5.74) is 10.9. The number of hydrogen-bond donors (Lipinski definition) is 2. The lowest BCUT2D eigenvalue weighted by Crippen LogP contribution is -2.21. The number of rotatable bonds is 2. The van der Waals surface area contributed by atoms with E-state index in [1.165, 1.54) is 0 Å². The highest BCUT2D eigenvalue weighted by Gasteiger charge is 2.19. The van der Waals surface area contributed by atoms with Crippen LogP contribution in [0.1, 0.15) is 20.7 Å². The summed E-state index contributed by atoms with van der Waals surface area (Å²) >= 11 is 3.23. The van der Waals surface area contributed by atoms with E-state index >= 15 is 0 Å². The van der Waals surface area contributed by atoms with E-state index in [9.17, 15) is 9.59 Å². The van der Waals surface area contributed by atoms with E-state index in [0.29, 0.717) is 9.86 Å². The molecule has 17 heavy (non-hydrogen) atoms. The maximum Gasteiger partial charge on any atom is 0.250 e. The van der Waals surface area contributed by atoms with Crippen molar-refractivity contribution in [3.8, 4) is 0 Å². The Morgan fingerprint density at radius 3 is 2.18 bits per heavy atom. The molecule has 2 aromatic carbocycles. The fourth-order valence-electron chi connectivity index (χ4n) is 1.81. The van der Waals surface area contributed by atoms with Crippen LogP contribution in [-0.4, -0.2) is 11.8 Å². The van der Waals surface area contributed by atoms with Gasteiger partial charge in [-0.15, -0.1) is 0 Å². The van der Waals surface area contributed by atoms with Gasteiger partial charge in [-0.05, 0) is 32.8 Å². The third kappa shape index (κ3) is 1.89. The second-order valence-electron chi connectivity index (χ2n) is 3.56. The number of primary amides is 2. The molecule has 0 saturated carbocycles. The minimum absolute atomic E-state index is 0.121. The molecular weight excluding hydrogens is 284 g/mol. The van der Waals surface area contributed by atoms with Gasteiger partial charge in [0.15, 0.2) is 0 Å². The highest BCUT2D eigenvalue weighted by atomic mass is 79.9. The Labute approximate surface area is 106 Å². The Hall–Kier alpha value is -1.88. The number of amides is 2. The van der Waals surface area contributed by atoms with E-state index in [0.717, 1.165) is 5.39 Å². The third-order valence-electron chi connectivity index (χ3n) is 2.49. The minimum Gasteiger partial charge on any atom is -0.366 e. The molecule has 2 amide bonds. The zero-order valence-corrected chi connectivity index (χ0v) is 10.3. The molecule has 0 unspecified atom stereocenters. The van der Waals surface area contributed by atoms with Crippen LogP contribution in [0.3, 0.4) is 0 Å². The number of nitrogens with two attached hydrogens (primary N) is 2. The van der Waals surface area contributed by atoms with E-state index in [1.54, 1.807) is 18.2 Å². The van der Waals surface area contributed by atoms with Gasteiger partial charge in [0.1, 0.15) is 0 Å². The van der Waals surface area contributed by atoms with Crippen molar-refractivity contribution in [1.82, 2.24) is 0 Å². The first kappa shape index (κ1) is 11.6. The lowest BCUT2D eigenvalue weighted by atomic mass is 9.98. The largest absolute Gasteiger partial charge is 0.366 e. The van der Waals surface area contributed by atoms with Crippen molar-refractivity contribution in [2.24, 2.45) is 11.5 Å². The van der Waals surface area contributed by atoms with E-state index in [1.807, 2.05) is 12.1 Å². The number of fused-ring (bicyclic) bond motifs is 1. The Morgan fingerprint density at radius 2 is 1.59 bits per heavy atom. The Balaban J connectivity index is 2.99. The summed E-state index contributed by atoms with van der Waals surface area (Å²) in [7, 11) is 0. The third-order valence-corrected chi connectivity index (χ3v) is 3.12. The molecular formula is C12H9BrN2O2. The van der Waals surface area contributed by atoms with Crippen molar-refractivity contribution in [2.75, 3.05) is 0 Å². The highest BCUT2D eigenvalue weighted by molar-refractivity contribution is 9.10. The van der Waals surface area contributed by atoms with Gasteiger partial charge in [0.25, 0.3) is 5.91 Å². The molecule has 0 heterocycles. The molecule has 0 spiro atoms. The number of benzene rings is 2. The Kier molecular flexibility index (Phi) is 2.85. The van der Waals surface area contributed by atoms with Gasteiger partial charge >= 0.3 is 0 Å². The van der Waals surface area contributed by atoms with Crippen LogP contribution in [0.25, 0.3) is 10.8 Å². The predicted molar refractivity (Wildman–Crippen MR) is 68.7 cm³/mol. The SMILES string of the molecule is NC(=O)c1c(Br)cc2ccccc2c1C(N)=O. The van der Waals surface area contributed by atoms with Gasteiger partial charge in [-0.1, -0.05) is 24.3 Å². The van der Waals surface area contributed by atoms with Crippen molar-refractivity contribution in [1.29, 1.82) is 0 Å². The summed E-state index contributed by atoms with van der Waals surface area (Å²) in [6.45, 7) is 0. The van der Waals surface area contributed by atoms with Gasteiger partial charge in [-0.25, -0.2) is 0 Å². The second kappa shape index (κ2) is 4.18. The average molecular weight is 293 g/mol. The molecule has 0 bridgehead atoms. The second-order valence-corrected chi connectivity index (χ2v) is 4.41. The van der Waals surface area contributed by atoms with Crippen LogP contribution < -0.4 is 11.5 Å². The smallest absolute Gasteiger partial charge is 0.250 e. The monoisotopic (exact) mass is 292 g/mol. The van der Waals surface area contributed by atoms with Gasteiger partial charge in [-0.3, -0.25) is 9.59 Å². The lowest BCUT2D eigenvalue weighted by Gasteiger charge is -2.10. The number of hydrogen-bond acceptors (Lipinski definition) is 2. The molecule has 0 radical (unpaired) electrons. The zero-order valence-electron chi connectivity index (χ0n) is 8.74. The molecule has 0 aliphatic carbocycles. The molecule has 0 fully saturated rings. The van der Waals surface area contributed by atoms with Crippen LogP contribution in [0, 0.1) is 0 Å². The first-order chi connectivity index (χ1) is 8.02. The molecule has 0 saturated heterocycles. The first-order valence-electron chi connectivity index (χ1n) is 4.83. The quantitative estimate of drug-likeness (QED) is 0.884. The molecule has 0 aliphatic rings. The van der Waals surface area contributed by atoms with Crippen LogP contribution in [-0.2, 0) is 0 Å².